The molecular weight excluding hydrogens is 187 g/mol. The van der Waals surface area contributed by atoms with Gasteiger partial charge in [0.05, 0.1) is 0 Å². The number of hydrogen-bond donors (Lipinski definition) is 0. The maximum atomic E-state index is 4.94. The molecule has 0 radical (unpaired) electrons. The second-order valence-corrected chi connectivity index (χ2v) is 3.48. The second-order valence-electron chi connectivity index (χ2n) is 1.38. The first-order valence-electron chi connectivity index (χ1n) is 2.39. The molecule has 0 aromatic heterocycles. The van der Waals surface area contributed by atoms with Gasteiger partial charge in [0.25, 0.3) is 0 Å². The summed E-state index contributed by atoms with van der Waals surface area (Å²) in [6.07, 6.45) is 2.56. The van der Waals surface area contributed by atoms with E-state index in [0.29, 0.717) is 0 Å². The molecule has 0 atom stereocenters. The zero-order valence-electron chi connectivity index (χ0n) is 4.40. The molecule has 1 heterocycles. The molecule has 1 rings (SSSR count). The molecule has 0 aromatic carbocycles. The predicted molar refractivity (Wildman–Crippen MR) is 31.8 cm³/mol. The van der Waals surface area contributed by atoms with Crippen molar-refractivity contribution in [2.45, 2.75) is 12.8 Å². The molecule has 0 N–H and O–H groups in total. The van der Waals surface area contributed by atoms with Crippen LogP contribution >= 0.6 is 20.1 Å². The summed E-state index contributed by atoms with van der Waals surface area (Å²) in [7, 11) is 9.65. The van der Waals surface area contributed by atoms with Gasteiger partial charge in [0, 0.05) is 13.2 Å². The van der Waals surface area contributed by atoms with Gasteiger partial charge >= 0.3 is 33.5 Å². The summed E-state index contributed by atoms with van der Waals surface area (Å²) in [5.41, 5.74) is 0. The van der Waals surface area contributed by atoms with E-state index in [1.54, 1.807) is 0 Å². The Labute approximate surface area is 64.4 Å². The third-order valence-electron chi connectivity index (χ3n) is 0.827. The summed E-state index contributed by atoms with van der Waals surface area (Å²) in [6.45, 7) is 2.00. The zero-order chi connectivity index (χ0) is 6.24. The molecule has 4 heteroatoms. The van der Waals surface area contributed by atoms with Crippen LogP contribution in [0.2, 0.25) is 0 Å². The van der Waals surface area contributed by atoms with Gasteiger partial charge in [-0.3, -0.25) is 0 Å². The van der Waals surface area contributed by atoms with Crippen molar-refractivity contribution >= 4 is 20.1 Å². The van der Waals surface area contributed by atoms with E-state index in [0.717, 1.165) is 13.2 Å². The summed E-state index contributed by atoms with van der Waals surface area (Å²) in [5.74, 6) is 0. The monoisotopic (exact) mass is 194 g/mol. The van der Waals surface area contributed by atoms with Crippen LogP contribution in [0.25, 0.3) is 0 Å². The molecule has 0 saturated carbocycles. The normalized spacial score (nSPS) is 17.2. The van der Waals surface area contributed by atoms with Crippen molar-refractivity contribution < 1.29 is 18.1 Å². The summed E-state index contributed by atoms with van der Waals surface area (Å²) >= 11 is -0.181. The summed E-state index contributed by atoms with van der Waals surface area (Å²) in [5, 5.41) is 0. The van der Waals surface area contributed by atoms with Crippen LogP contribution in [0.15, 0.2) is 0 Å². The first-order chi connectivity index (χ1) is 3.91. The molecule has 1 aliphatic rings. The van der Waals surface area contributed by atoms with Crippen LogP contribution in [-0.4, -0.2) is 13.2 Å². The Morgan fingerprint density at radius 3 is 1.62 bits per heavy atom. The first kappa shape index (κ1) is 9.07. The van der Waals surface area contributed by atoms with Crippen LogP contribution < -0.4 is 0 Å². The van der Waals surface area contributed by atoms with Gasteiger partial charge in [-0.1, -0.05) is 0 Å². The number of halogens is 2. The van der Waals surface area contributed by atoms with E-state index in [9.17, 15) is 0 Å². The third-order valence-corrected chi connectivity index (χ3v) is 0.827. The quantitative estimate of drug-likeness (QED) is 0.575. The molecule has 0 unspecified atom stereocenters. The van der Waals surface area contributed by atoms with Gasteiger partial charge in [-0.25, -0.2) is 0 Å². The Kier molecular flexibility index (Phi) is 9.15. The molecule has 8 heavy (non-hydrogen) atoms. The molecule has 50 valence electrons. The van der Waals surface area contributed by atoms with E-state index in [1.165, 1.54) is 12.8 Å². The second kappa shape index (κ2) is 8.07. The Morgan fingerprint density at radius 2 is 1.50 bits per heavy atom. The predicted octanol–water partition coefficient (Wildman–Crippen LogP) is 2.17. The Morgan fingerprint density at radius 1 is 1.12 bits per heavy atom. The van der Waals surface area contributed by atoms with Crippen molar-refractivity contribution in [1.82, 2.24) is 0 Å². The van der Waals surface area contributed by atoms with Gasteiger partial charge in [-0.2, -0.15) is 0 Å². The Hall–Kier alpha value is 1.07. The van der Waals surface area contributed by atoms with E-state index in [4.69, 9.17) is 24.8 Å². The first-order valence-corrected chi connectivity index (χ1v) is 5.89. The fourth-order valence-corrected chi connectivity index (χ4v) is 0.510. The molecule has 1 saturated heterocycles. The van der Waals surface area contributed by atoms with E-state index >= 15 is 0 Å². The molecular formula is C4H8Cl2CrO. The van der Waals surface area contributed by atoms with Crippen LogP contribution in [0.4, 0.5) is 0 Å². The Balaban J connectivity index is 0.000000145. The molecule has 0 amide bonds. The average Bonchev–Trinajstić information content (AvgIpc) is 2.17. The molecule has 1 aliphatic heterocycles. The SMILES string of the molecule is C1CCOC1.[Cl][Cr][Cl]. The number of rotatable bonds is 0. The Bertz CT molecular complexity index is 33.4. The van der Waals surface area contributed by atoms with Gasteiger partial charge in [-0.05, 0) is 12.8 Å². The number of hydrogen-bond acceptors (Lipinski definition) is 1. The van der Waals surface area contributed by atoms with E-state index in [-0.39, 0.29) is 13.4 Å². The van der Waals surface area contributed by atoms with Crippen LogP contribution in [0.1, 0.15) is 12.8 Å². The molecule has 0 aliphatic carbocycles. The minimum atomic E-state index is -0.181. The molecule has 0 spiro atoms. The van der Waals surface area contributed by atoms with Crippen molar-refractivity contribution in [3.8, 4) is 0 Å². The standard InChI is InChI=1S/C4H8O.2ClH.Cr/c1-2-4-5-3-1;;;/h1-4H2;2*1H;/q;;;+2/p-2. The van der Waals surface area contributed by atoms with Crippen molar-refractivity contribution in [3.63, 3.8) is 0 Å². The molecule has 1 nitrogen and oxygen atoms in total. The fraction of sp³-hybridized carbons (Fsp3) is 1.00. The topological polar surface area (TPSA) is 9.23 Å². The van der Waals surface area contributed by atoms with Gasteiger partial charge in [-0.15, -0.1) is 0 Å². The maximum absolute atomic E-state index is 4.94. The van der Waals surface area contributed by atoms with Crippen molar-refractivity contribution in [1.29, 1.82) is 0 Å². The molecule has 1 fully saturated rings. The van der Waals surface area contributed by atoms with Gasteiger partial charge in [0.2, 0.25) is 0 Å². The van der Waals surface area contributed by atoms with Gasteiger partial charge < -0.3 is 4.74 Å². The van der Waals surface area contributed by atoms with Crippen molar-refractivity contribution in [3.05, 3.63) is 0 Å². The van der Waals surface area contributed by atoms with Crippen LogP contribution in [0, 0.1) is 0 Å². The third kappa shape index (κ3) is 7.07. The molecule has 0 aromatic rings. The zero-order valence-corrected chi connectivity index (χ0v) is 7.19. The summed E-state index contributed by atoms with van der Waals surface area (Å²) in [6, 6.07) is 0. The van der Waals surface area contributed by atoms with E-state index in [2.05, 4.69) is 0 Å². The molecule has 0 bridgehead atoms. The van der Waals surface area contributed by atoms with Crippen LogP contribution in [0.5, 0.6) is 0 Å². The summed E-state index contributed by atoms with van der Waals surface area (Å²) in [4.78, 5) is 0. The van der Waals surface area contributed by atoms with E-state index in [1.807, 2.05) is 0 Å². The van der Waals surface area contributed by atoms with Crippen molar-refractivity contribution in [2.24, 2.45) is 0 Å². The average molecular weight is 195 g/mol. The van der Waals surface area contributed by atoms with Crippen LogP contribution in [-0.2, 0) is 18.1 Å². The fourth-order valence-electron chi connectivity index (χ4n) is 0.510. The minimum absolute atomic E-state index is 0.181. The van der Waals surface area contributed by atoms with Crippen LogP contribution in [0.3, 0.4) is 0 Å². The number of ether oxygens (including phenoxy) is 1. The van der Waals surface area contributed by atoms with Crippen molar-refractivity contribution in [2.75, 3.05) is 13.2 Å². The van der Waals surface area contributed by atoms with Gasteiger partial charge in [0.15, 0.2) is 0 Å². The summed E-state index contributed by atoms with van der Waals surface area (Å²) < 4.78 is 4.94. The van der Waals surface area contributed by atoms with Gasteiger partial charge in [0.1, 0.15) is 0 Å². The van der Waals surface area contributed by atoms with E-state index < -0.39 is 0 Å².